The SMILES string of the molecule is NCc1ccc(Nc2c(F)cccc2Cl)c(C(C(=O)OC(N)=S)c2ccccc2)c1. The number of carbonyl (C=O) groups is 1. The number of para-hydroxylation sites is 1. The summed E-state index contributed by atoms with van der Waals surface area (Å²) in [6.45, 7) is 0.250. The maximum absolute atomic E-state index is 14.4. The first-order valence-corrected chi connectivity index (χ1v) is 9.79. The van der Waals surface area contributed by atoms with Crippen LogP contribution in [0.25, 0.3) is 0 Å². The Morgan fingerprint density at radius 2 is 1.87 bits per heavy atom. The topological polar surface area (TPSA) is 90.4 Å². The van der Waals surface area contributed by atoms with E-state index in [9.17, 15) is 9.18 Å². The fourth-order valence-electron chi connectivity index (χ4n) is 3.09. The van der Waals surface area contributed by atoms with Crippen LogP contribution in [-0.4, -0.2) is 11.1 Å². The molecule has 0 aromatic heterocycles. The second-order valence-electron chi connectivity index (χ2n) is 6.43. The van der Waals surface area contributed by atoms with E-state index in [4.69, 9.17) is 40.0 Å². The van der Waals surface area contributed by atoms with Gasteiger partial charge in [-0.1, -0.05) is 60.1 Å². The summed E-state index contributed by atoms with van der Waals surface area (Å²) in [4.78, 5) is 12.9. The third-order valence-corrected chi connectivity index (χ3v) is 4.85. The molecular formula is C22H19ClFN3O2S. The number of hydrogen-bond donors (Lipinski definition) is 3. The monoisotopic (exact) mass is 443 g/mol. The molecule has 0 radical (unpaired) electrons. The van der Waals surface area contributed by atoms with Gasteiger partial charge in [-0.05, 0) is 47.1 Å². The fraction of sp³-hybridized carbons (Fsp3) is 0.0909. The van der Waals surface area contributed by atoms with E-state index in [0.717, 1.165) is 5.56 Å². The fourth-order valence-corrected chi connectivity index (χ4v) is 3.38. The second kappa shape index (κ2) is 9.67. The summed E-state index contributed by atoms with van der Waals surface area (Å²) in [5.41, 5.74) is 13.7. The van der Waals surface area contributed by atoms with Crippen LogP contribution in [0.2, 0.25) is 5.02 Å². The molecule has 1 atom stereocenters. The van der Waals surface area contributed by atoms with Crippen molar-refractivity contribution in [1.29, 1.82) is 0 Å². The third kappa shape index (κ3) is 4.94. The molecule has 3 rings (SSSR count). The molecule has 154 valence electrons. The zero-order chi connectivity index (χ0) is 21.7. The molecular weight excluding hydrogens is 425 g/mol. The summed E-state index contributed by atoms with van der Waals surface area (Å²) in [6.07, 6.45) is 0. The molecule has 5 nitrogen and oxygen atoms in total. The quantitative estimate of drug-likeness (QED) is 0.381. The van der Waals surface area contributed by atoms with Gasteiger partial charge in [0.05, 0.1) is 10.7 Å². The zero-order valence-corrected chi connectivity index (χ0v) is 17.3. The summed E-state index contributed by atoms with van der Waals surface area (Å²) in [5.74, 6) is -2.07. The molecule has 0 fully saturated rings. The molecule has 0 spiro atoms. The third-order valence-electron chi connectivity index (χ3n) is 4.45. The summed E-state index contributed by atoms with van der Waals surface area (Å²) >= 11 is 10.9. The Kier molecular flexibility index (Phi) is 6.99. The minimum Gasteiger partial charge on any atom is -0.399 e. The normalized spacial score (nSPS) is 11.6. The van der Waals surface area contributed by atoms with E-state index in [-0.39, 0.29) is 22.4 Å². The molecule has 30 heavy (non-hydrogen) atoms. The number of carbonyl (C=O) groups excluding carboxylic acids is 1. The number of thiocarbonyl (C=S) groups is 1. The van der Waals surface area contributed by atoms with Crippen LogP contribution >= 0.6 is 23.8 Å². The molecule has 0 aliphatic heterocycles. The lowest BCUT2D eigenvalue weighted by Gasteiger charge is -2.22. The molecule has 0 saturated carbocycles. The summed E-state index contributed by atoms with van der Waals surface area (Å²) in [6, 6.07) is 18.6. The smallest absolute Gasteiger partial charge is 0.325 e. The summed E-state index contributed by atoms with van der Waals surface area (Å²) in [7, 11) is 0. The van der Waals surface area contributed by atoms with Crippen molar-refractivity contribution < 1.29 is 13.9 Å². The molecule has 0 amide bonds. The number of nitrogens with two attached hydrogens (primary N) is 2. The van der Waals surface area contributed by atoms with Crippen molar-refractivity contribution in [1.82, 2.24) is 0 Å². The van der Waals surface area contributed by atoms with Crippen LogP contribution in [0.1, 0.15) is 22.6 Å². The van der Waals surface area contributed by atoms with E-state index in [1.165, 1.54) is 12.1 Å². The van der Waals surface area contributed by atoms with Gasteiger partial charge in [-0.3, -0.25) is 4.79 Å². The van der Waals surface area contributed by atoms with E-state index in [1.54, 1.807) is 48.5 Å². The van der Waals surface area contributed by atoms with Gasteiger partial charge in [0.15, 0.2) is 0 Å². The number of ether oxygens (including phenoxy) is 1. The van der Waals surface area contributed by atoms with E-state index in [0.29, 0.717) is 16.8 Å². The number of benzene rings is 3. The lowest BCUT2D eigenvalue weighted by Crippen LogP contribution is -2.25. The predicted octanol–water partition coefficient (Wildman–Crippen LogP) is 4.60. The van der Waals surface area contributed by atoms with Crippen LogP contribution in [0.5, 0.6) is 0 Å². The Hall–Kier alpha value is -3.00. The van der Waals surface area contributed by atoms with Crippen molar-refractivity contribution in [2.45, 2.75) is 12.5 Å². The largest absolute Gasteiger partial charge is 0.399 e. The number of rotatable bonds is 6. The molecule has 5 N–H and O–H groups in total. The Labute approximate surface area is 183 Å². The van der Waals surface area contributed by atoms with Gasteiger partial charge < -0.3 is 21.5 Å². The van der Waals surface area contributed by atoms with Crippen LogP contribution in [0.3, 0.4) is 0 Å². The first-order valence-electron chi connectivity index (χ1n) is 9.00. The van der Waals surface area contributed by atoms with E-state index in [2.05, 4.69) is 5.32 Å². The lowest BCUT2D eigenvalue weighted by atomic mass is 9.89. The van der Waals surface area contributed by atoms with Crippen molar-refractivity contribution in [3.63, 3.8) is 0 Å². The molecule has 8 heteroatoms. The van der Waals surface area contributed by atoms with E-state index in [1.807, 2.05) is 6.07 Å². The lowest BCUT2D eigenvalue weighted by molar-refractivity contribution is -0.136. The Morgan fingerprint density at radius 3 is 2.50 bits per heavy atom. The van der Waals surface area contributed by atoms with Crippen molar-refractivity contribution >= 4 is 46.3 Å². The zero-order valence-electron chi connectivity index (χ0n) is 15.8. The van der Waals surface area contributed by atoms with E-state index >= 15 is 0 Å². The van der Waals surface area contributed by atoms with Crippen LogP contribution in [0, 0.1) is 5.82 Å². The van der Waals surface area contributed by atoms with Gasteiger partial charge in [0, 0.05) is 12.2 Å². The first-order chi connectivity index (χ1) is 14.4. The molecule has 0 heterocycles. The minimum atomic E-state index is -0.882. The van der Waals surface area contributed by atoms with Crippen molar-refractivity contribution in [3.05, 3.63) is 94.3 Å². The minimum absolute atomic E-state index is 0.0930. The van der Waals surface area contributed by atoms with Crippen LogP contribution < -0.4 is 16.8 Å². The van der Waals surface area contributed by atoms with Crippen LogP contribution in [-0.2, 0) is 16.1 Å². The predicted molar refractivity (Wildman–Crippen MR) is 120 cm³/mol. The Morgan fingerprint density at radius 1 is 1.13 bits per heavy atom. The molecule has 0 saturated heterocycles. The van der Waals surface area contributed by atoms with Gasteiger partial charge in [-0.2, -0.15) is 0 Å². The molecule has 1 unspecified atom stereocenters. The van der Waals surface area contributed by atoms with Crippen molar-refractivity contribution in [2.75, 3.05) is 5.32 Å². The standard InChI is InChI=1S/C22H19ClFN3O2S/c23-16-7-4-8-17(24)20(16)27-18-10-9-13(12-25)11-15(18)19(21(28)29-22(26)30)14-5-2-1-3-6-14/h1-11,19,27H,12,25H2,(H2,26,30). The van der Waals surface area contributed by atoms with Gasteiger partial charge in [-0.25, -0.2) is 4.39 Å². The van der Waals surface area contributed by atoms with Crippen LogP contribution in [0.15, 0.2) is 66.7 Å². The molecule has 0 bridgehead atoms. The molecule has 3 aromatic carbocycles. The number of anilines is 2. The highest BCUT2D eigenvalue weighted by Gasteiger charge is 2.28. The summed E-state index contributed by atoms with van der Waals surface area (Å²) in [5, 5.41) is 2.81. The van der Waals surface area contributed by atoms with Gasteiger partial charge in [-0.15, -0.1) is 0 Å². The number of esters is 1. The van der Waals surface area contributed by atoms with Crippen LogP contribution in [0.4, 0.5) is 15.8 Å². The van der Waals surface area contributed by atoms with Crippen molar-refractivity contribution in [3.8, 4) is 0 Å². The van der Waals surface area contributed by atoms with E-state index < -0.39 is 17.7 Å². The number of hydrogen-bond acceptors (Lipinski definition) is 5. The molecule has 3 aromatic rings. The maximum Gasteiger partial charge on any atom is 0.325 e. The average Bonchev–Trinajstić information content (AvgIpc) is 2.72. The second-order valence-corrected chi connectivity index (χ2v) is 7.24. The first kappa shape index (κ1) is 21.7. The molecule has 0 aliphatic rings. The molecule has 0 aliphatic carbocycles. The highest BCUT2D eigenvalue weighted by Crippen LogP contribution is 2.36. The Balaban J connectivity index is 2.16. The number of halogens is 2. The summed E-state index contributed by atoms with van der Waals surface area (Å²) < 4.78 is 19.4. The van der Waals surface area contributed by atoms with Gasteiger partial charge in [0.1, 0.15) is 11.7 Å². The number of nitrogens with one attached hydrogen (secondary N) is 1. The van der Waals surface area contributed by atoms with Gasteiger partial charge >= 0.3 is 5.97 Å². The maximum atomic E-state index is 14.4. The highest BCUT2D eigenvalue weighted by atomic mass is 35.5. The Bertz CT molecular complexity index is 1060. The van der Waals surface area contributed by atoms with Gasteiger partial charge in [0.2, 0.25) is 0 Å². The highest BCUT2D eigenvalue weighted by molar-refractivity contribution is 7.80. The van der Waals surface area contributed by atoms with Gasteiger partial charge in [0.25, 0.3) is 5.17 Å². The van der Waals surface area contributed by atoms with Crippen molar-refractivity contribution in [2.24, 2.45) is 11.5 Å². The average molecular weight is 444 g/mol.